The zero-order valence-corrected chi connectivity index (χ0v) is 12.7. The van der Waals surface area contributed by atoms with Crippen LogP contribution in [0.15, 0.2) is 24.3 Å². The lowest BCUT2D eigenvalue weighted by Crippen LogP contribution is -2.41. The maximum atomic E-state index is 6.51. The van der Waals surface area contributed by atoms with E-state index in [1.807, 2.05) is 12.1 Å². The van der Waals surface area contributed by atoms with Crippen molar-refractivity contribution in [2.24, 2.45) is 5.73 Å². The van der Waals surface area contributed by atoms with Gasteiger partial charge in [-0.25, -0.2) is 0 Å². The van der Waals surface area contributed by atoms with Crippen LogP contribution in [0.5, 0.6) is 5.75 Å². The molecule has 1 atom stereocenters. The highest BCUT2D eigenvalue weighted by Crippen LogP contribution is 2.41. The Hall–Kier alpha value is -1.06. The van der Waals surface area contributed by atoms with Gasteiger partial charge in [0, 0.05) is 6.61 Å². The molecule has 1 aromatic carbocycles. The third-order valence-corrected chi connectivity index (χ3v) is 4.16. The molecular weight excluding hydrogens is 250 g/mol. The monoisotopic (exact) mass is 277 g/mol. The third kappa shape index (κ3) is 3.33. The molecule has 1 saturated carbocycles. The normalized spacial score (nSPS) is 18.9. The third-order valence-electron chi connectivity index (χ3n) is 4.16. The molecule has 1 aliphatic rings. The van der Waals surface area contributed by atoms with Crippen LogP contribution in [0, 0.1) is 0 Å². The number of rotatable bonds is 7. The molecular formula is C17H27NO2. The molecule has 1 fully saturated rings. The Balaban J connectivity index is 2.09. The molecule has 0 saturated heterocycles. The molecule has 1 aromatic rings. The lowest BCUT2D eigenvalue weighted by atomic mass is 9.87. The van der Waals surface area contributed by atoms with E-state index in [1.54, 1.807) is 0 Å². The Bertz CT molecular complexity index is 396. The van der Waals surface area contributed by atoms with E-state index in [-0.39, 0.29) is 11.6 Å². The van der Waals surface area contributed by atoms with Crippen LogP contribution in [-0.4, -0.2) is 18.8 Å². The molecule has 0 spiro atoms. The molecule has 3 heteroatoms. The Kier molecular flexibility index (Phi) is 5.44. The first-order valence-electron chi connectivity index (χ1n) is 7.84. The highest BCUT2D eigenvalue weighted by atomic mass is 16.5. The molecule has 0 amide bonds. The Labute approximate surface area is 122 Å². The fourth-order valence-electron chi connectivity index (χ4n) is 3.10. The summed E-state index contributed by atoms with van der Waals surface area (Å²) in [5.74, 6) is 0.916. The smallest absolute Gasteiger partial charge is 0.119 e. The summed E-state index contributed by atoms with van der Waals surface area (Å²) in [6.07, 6.45) is 5.58. The maximum absolute atomic E-state index is 6.51. The second kappa shape index (κ2) is 7.09. The largest absolute Gasteiger partial charge is 0.494 e. The van der Waals surface area contributed by atoms with E-state index in [0.29, 0.717) is 0 Å². The van der Waals surface area contributed by atoms with E-state index in [2.05, 4.69) is 26.0 Å². The van der Waals surface area contributed by atoms with Crippen molar-refractivity contribution < 1.29 is 9.47 Å². The van der Waals surface area contributed by atoms with Crippen LogP contribution in [0.3, 0.4) is 0 Å². The predicted molar refractivity (Wildman–Crippen MR) is 82.0 cm³/mol. The molecule has 2 rings (SSSR count). The molecule has 2 N–H and O–H groups in total. The van der Waals surface area contributed by atoms with Crippen molar-refractivity contribution in [3.63, 3.8) is 0 Å². The van der Waals surface area contributed by atoms with Gasteiger partial charge in [0.25, 0.3) is 0 Å². The van der Waals surface area contributed by atoms with E-state index in [4.69, 9.17) is 15.2 Å². The van der Waals surface area contributed by atoms with Crippen LogP contribution in [0.4, 0.5) is 0 Å². The maximum Gasteiger partial charge on any atom is 0.119 e. The minimum atomic E-state index is -0.166. The van der Waals surface area contributed by atoms with Crippen LogP contribution in [0.25, 0.3) is 0 Å². The van der Waals surface area contributed by atoms with Gasteiger partial charge >= 0.3 is 0 Å². The van der Waals surface area contributed by atoms with Gasteiger partial charge in [-0.05, 0) is 43.9 Å². The summed E-state index contributed by atoms with van der Waals surface area (Å²) >= 11 is 0. The number of ether oxygens (including phenoxy) is 2. The van der Waals surface area contributed by atoms with E-state index < -0.39 is 0 Å². The van der Waals surface area contributed by atoms with Crippen molar-refractivity contribution in [3.8, 4) is 5.75 Å². The van der Waals surface area contributed by atoms with Gasteiger partial charge in [0.15, 0.2) is 0 Å². The quantitative estimate of drug-likeness (QED) is 0.824. The highest BCUT2D eigenvalue weighted by Gasteiger charge is 2.40. The summed E-state index contributed by atoms with van der Waals surface area (Å²) in [5.41, 5.74) is 7.48. The topological polar surface area (TPSA) is 44.5 Å². The van der Waals surface area contributed by atoms with Crippen molar-refractivity contribution >= 4 is 0 Å². The van der Waals surface area contributed by atoms with Crippen LogP contribution < -0.4 is 10.5 Å². The minimum absolute atomic E-state index is 0.0508. The van der Waals surface area contributed by atoms with E-state index in [1.165, 1.54) is 12.8 Å². The van der Waals surface area contributed by atoms with Crippen molar-refractivity contribution in [3.05, 3.63) is 29.8 Å². The zero-order chi connectivity index (χ0) is 14.4. The lowest BCUT2D eigenvalue weighted by Gasteiger charge is -2.35. The van der Waals surface area contributed by atoms with Gasteiger partial charge < -0.3 is 15.2 Å². The first-order valence-corrected chi connectivity index (χ1v) is 7.84. The average molecular weight is 277 g/mol. The van der Waals surface area contributed by atoms with Crippen molar-refractivity contribution in [1.82, 2.24) is 0 Å². The summed E-state index contributed by atoms with van der Waals surface area (Å²) in [4.78, 5) is 0. The van der Waals surface area contributed by atoms with Crippen LogP contribution >= 0.6 is 0 Å². The first kappa shape index (κ1) is 15.3. The Morgan fingerprint density at radius 2 is 1.80 bits per heavy atom. The molecule has 3 nitrogen and oxygen atoms in total. The molecule has 0 aromatic heterocycles. The standard InChI is InChI=1S/C17H27NO2/c1-3-13-19-15-9-7-14(8-10-15)16(18)17(20-4-2)11-5-6-12-17/h7-10,16H,3-6,11-13,18H2,1-2H3. The van der Waals surface area contributed by atoms with Crippen molar-refractivity contribution in [2.75, 3.05) is 13.2 Å². The van der Waals surface area contributed by atoms with Crippen LogP contribution in [0.1, 0.15) is 57.6 Å². The molecule has 112 valence electrons. The van der Waals surface area contributed by atoms with E-state index in [9.17, 15) is 0 Å². The SMILES string of the molecule is CCCOc1ccc(C(N)C2(OCC)CCCC2)cc1. The van der Waals surface area contributed by atoms with Gasteiger partial charge in [-0.2, -0.15) is 0 Å². The van der Waals surface area contributed by atoms with Gasteiger partial charge in [-0.1, -0.05) is 31.9 Å². The zero-order valence-electron chi connectivity index (χ0n) is 12.7. The second-order valence-electron chi connectivity index (χ2n) is 5.60. The summed E-state index contributed by atoms with van der Waals surface area (Å²) in [6, 6.07) is 8.13. The number of hydrogen-bond donors (Lipinski definition) is 1. The van der Waals surface area contributed by atoms with E-state index >= 15 is 0 Å². The lowest BCUT2D eigenvalue weighted by molar-refractivity contribution is -0.0536. The highest BCUT2D eigenvalue weighted by molar-refractivity contribution is 5.30. The fourth-order valence-corrected chi connectivity index (χ4v) is 3.10. The molecule has 1 aliphatic carbocycles. The van der Waals surface area contributed by atoms with Crippen LogP contribution in [0.2, 0.25) is 0 Å². The van der Waals surface area contributed by atoms with Gasteiger partial charge in [-0.15, -0.1) is 0 Å². The summed E-state index contributed by atoms with van der Waals surface area (Å²) in [5, 5.41) is 0. The number of nitrogens with two attached hydrogens (primary N) is 1. The summed E-state index contributed by atoms with van der Waals surface area (Å²) in [7, 11) is 0. The fraction of sp³-hybridized carbons (Fsp3) is 0.647. The summed E-state index contributed by atoms with van der Waals surface area (Å²) in [6.45, 7) is 5.64. The molecule has 0 bridgehead atoms. The van der Waals surface area contributed by atoms with Gasteiger partial charge in [-0.3, -0.25) is 0 Å². The average Bonchev–Trinajstić information content (AvgIpc) is 2.95. The molecule has 1 unspecified atom stereocenters. The van der Waals surface area contributed by atoms with Crippen molar-refractivity contribution in [2.45, 2.75) is 57.6 Å². The molecule has 0 aliphatic heterocycles. The molecule has 20 heavy (non-hydrogen) atoms. The van der Waals surface area contributed by atoms with Crippen molar-refractivity contribution in [1.29, 1.82) is 0 Å². The van der Waals surface area contributed by atoms with Gasteiger partial charge in [0.05, 0.1) is 18.2 Å². The van der Waals surface area contributed by atoms with Gasteiger partial charge in [0.2, 0.25) is 0 Å². The second-order valence-corrected chi connectivity index (χ2v) is 5.60. The Morgan fingerprint density at radius 1 is 1.15 bits per heavy atom. The predicted octanol–water partition coefficient (Wildman–Crippen LogP) is 3.82. The Morgan fingerprint density at radius 3 is 2.35 bits per heavy atom. The number of benzene rings is 1. The van der Waals surface area contributed by atoms with Crippen LogP contribution in [-0.2, 0) is 4.74 Å². The summed E-state index contributed by atoms with van der Waals surface area (Å²) < 4.78 is 11.7. The minimum Gasteiger partial charge on any atom is -0.494 e. The molecule has 0 heterocycles. The first-order chi connectivity index (χ1) is 9.72. The van der Waals surface area contributed by atoms with E-state index in [0.717, 1.165) is 43.8 Å². The molecule has 0 radical (unpaired) electrons. The number of hydrogen-bond acceptors (Lipinski definition) is 3. The van der Waals surface area contributed by atoms with Gasteiger partial charge in [0.1, 0.15) is 5.75 Å².